The summed E-state index contributed by atoms with van der Waals surface area (Å²) >= 11 is 3.14. The predicted molar refractivity (Wildman–Crippen MR) is 42.4 cm³/mol. The number of rotatable bonds is 1. The minimum absolute atomic E-state index is 0.278. The average Bonchev–Trinajstić information content (AvgIpc) is 1.88. The van der Waals surface area contributed by atoms with Gasteiger partial charge in [-0.3, -0.25) is 12.9 Å². The van der Waals surface area contributed by atoms with Gasteiger partial charge in [0.1, 0.15) is 5.75 Å². The van der Waals surface area contributed by atoms with E-state index in [9.17, 15) is 0 Å². The minimum Gasteiger partial charge on any atom is -0.508 e. The molecule has 3 heteroatoms. The van der Waals surface area contributed by atoms with Crippen molar-refractivity contribution in [1.82, 2.24) is 0 Å². The molecule has 0 bridgehead atoms. The predicted octanol–water partition coefficient (Wildman–Crippen LogP) is 1.03. The number of phenolic OH excluding ortho intramolecular Hbond substituents is 1. The summed E-state index contributed by atoms with van der Waals surface area (Å²) in [6.07, 6.45) is 0. The van der Waals surface area contributed by atoms with Gasteiger partial charge in [-0.15, -0.1) is 3.69 Å². The Hall–Kier alpha value is 0.266. The molecule has 0 spiro atoms. The van der Waals surface area contributed by atoms with Crippen LogP contribution in [0.15, 0.2) is 24.3 Å². The molecule has 0 atom stereocenters. The molecular formula is C6H5BrMgO. The molecule has 0 fully saturated rings. The van der Waals surface area contributed by atoms with E-state index in [-0.39, 0.29) is 18.2 Å². The summed E-state index contributed by atoms with van der Waals surface area (Å²) in [5.41, 5.74) is 0. The highest BCUT2D eigenvalue weighted by Gasteiger charge is 1.93. The van der Waals surface area contributed by atoms with E-state index in [0.29, 0.717) is 5.75 Å². The maximum Gasteiger partial charge on any atom is 0.506 e. The number of phenols is 1. The zero-order valence-corrected chi connectivity index (χ0v) is 7.84. The van der Waals surface area contributed by atoms with E-state index in [4.69, 9.17) is 5.11 Å². The van der Waals surface area contributed by atoms with Gasteiger partial charge in [0.2, 0.25) is 0 Å². The third kappa shape index (κ3) is 2.16. The van der Waals surface area contributed by atoms with Gasteiger partial charge >= 0.3 is 18.2 Å². The number of benzene rings is 1. The standard InChI is InChI=1S/C6H5O.BrH.Mg/c7-6-4-2-1-3-5-6;;/h1-2,4-5,7H;1H;/q;;+1/p-1. The highest BCUT2D eigenvalue weighted by atomic mass is 79.9. The van der Waals surface area contributed by atoms with E-state index >= 15 is 0 Å². The van der Waals surface area contributed by atoms with Gasteiger partial charge in [-0.25, -0.2) is 0 Å². The van der Waals surface area contributed by atoms with E-state index in [1.165, 1.54) is 3.69 Å². The quantitative estimate of drug-likeness (QED) is 0.667. The first kappa shape index (κ1) is 7.37. The van der Waals surface area contributed by atoms with E-state index < -0.39 is 0 Å². The van der Waals surface area contributed by atoms with Crippen molar-refractivity contribution in [1.29, 1.82) is 0 Å². The van der Waals surface area contributed by atoms with Crippen molar-refractivity contribution < 1.29 is 5.11 Å². The van der Waals surface area contributed by atoms with Gasteiger partial charge in [0.25, 0.3) is 0 Å². The van der Waals surface area contributed by atoms with Crippen LogP contribution in [-0.4, -0.2) is 23.3 Å². The van der Waals surface area contributed by atoms with Gasteiger partial charge in [-0.05, 0) is 12.1 Å². The first-order chi connectivity index (χ1) is 4.33. The molecule has 0 heterocycles. The van der Waals surface area contributed by atoms with Crippen LogP contribution in [-0.2, 0) is 0 Å². The summed E-state index contributed by atoms with van der Waals surface area (Å²) < 4.78 is 1.23. The molecule has 1 N–H and O–H groups in total. The summed E-state index contributed by atoms with van der Waals surface area (Å²) in [5.74, 6) is 0.361. The SMILES string of the molecule is Oc1ccc[c]([Mg][Br])c1. The molecule has 0 aliphatic heterocycles. The minimum atomic E-state index is -0.278. The summed E-state index contributed by atoms with van der Waals surface area (Å²) in [6.45, 7) is 0. The van der Waals surface area contributed by atoms with Gasteiger partial charge in [-0.2, -0.15) is 0 Å². The summed E-state index contributed by atoms with van der Waals surface area (Å²) in [4.78, 5) is 0. The van der Waals surface area contributed by atoms with Gasteiger partial charge in [0.05, 0.1) is 0 Å². The molecule has 0 aliphatic carbocycles. The topological polar surface area (TPSA) is 20.2 Å². The van der Waals surface area contributed by atoms with Crippen LogP contribution in [0.1, 0.15) is 0 Å². The molecule has 1 rings (SSSR count). The van der Waals surface area contributed by atoms with E-state index in [0.717, 1.165) is 0 Å². The molecule has 1 aromatic carbocycles. The van der Waals surface area contributed by atoms with Crippen molar-refractivity contribution >= 4 is 34.8 Å². The first-order valence-corrected chi connectivity index (χ1v) is 7.27. The lowest BCUT2D eigenvalue weighted by Gasteiger charge is -1.93. The smallest absolute Gasteiger partial charge is 0.506 e. The van der Waals surface area contributed by atoms with Crippen LogP contribution in [0.2, 0.25) is 0 Å². The molecule has 0 saturated carbocycles. The number of aromatic hydroxyl groups is 1. The van der Waals surface area contributed by atoms with Crippen molar-refractivity contribution in [2.24, 2.45) is 0 Å². The van der Waals surface area contributed by atoms with Crippen LogP contribution < -0.4 is 3.69 Å². The zero-order chi connectivity index (χ0) is 6.69. The average molecular weight is 197 g/mol. The highest BCUT2D eigenvalue weighted by Crippen LogP contribution is 2.02. The maximum absolute atomic E-state index is 8.95. The molecular weight excluding hydrogens is 192 g/mol. The molecule has 1 aromatic rings. The Morgan fingerprint density at radius 3 is 2.67 bits per heavy atom. The summed E-state index contributed by atoms with van der Waals surface area (Å²) in [5, 5.41) is 8.95. The number of halogens is 1. The number of hydrogen-bond acceptors (Lipinski definition) is 1. The van der Waals surface area contributed by atoms with Crippen LogP contribution in [0.4, 0.5) is 0 Å². The molecule has 44 valence electrons. The lowest BCUT2D eigenvalue weighted by atomic mass is 10.3. The second kappa shape index (κ2) is 3.44. The Balaban J connectivity index is 2.94. The second-order valence-electron chi connectivity index (χ2n) is 1.80. The fourth-order valence-electron chi connectivity index (χ4n) is 0.640. The summed E-state index contributed by atoms with van der Waals surface area (Å²) in [6, 6.07) is 7.35. The van der Waals surface area contributed by atoms with Crippen LogP contribution in [0.5, 0.6) is 5.75 Å². The lowest BCUT2D eigenvalue weighted by Crippen LogP contribution is -2.05. The molecule has 0 radical (unpaired) electrons. The lowest BCUT2D eigenvalue weighted by molar-refractivity contribution is 0.476. The van der Waals surface area contributed by atoms with E-state index in [2.05, 4.69) is 12.9 Å². The Morgan fingerprint density at radius 1 is 1.44 bits per heavy atom. The van der Waals surface area contributed by atoms with Crippen molar-refractivity contribution in [2.45, 2.75) is 0 Å². The highest BCUT2D eigenvalue weighted by molar-refractivity contribution is 9.23. The zero-order valence-electron chi connectivity index (χ0n) is 4.84. The van der Waals surface area contributed by atoms with Crippen LogP contribution in [0.25, 0.3) is 0 Å². The molecule has 0 aromatic heterocycles. The number of hydrogen-bond donors (Lipinski definition) is 1. The maximum atomic E-state index is 8.95. The Bertz CT molecular complexity index is 202. The summed E-state index contributed by atoms with van der Waals surface area (Å²) in [7, 11) is 0. The Kier molecular flexibility index (Phi) is 2.82. The van der Waals surface area contributed by atoms with Gasteiger partial charge in [0.15, 0.2) is 0 Å². The van der Waals surface area contributed by atoms with Crippen LogP contribution in [0.3, 0.4) is 0 Å². The van der Waals surface area contributed by atoms with Crippen molar-refractivity contribution in [3.05, 3.63) is 24.3 Å². The fraction of sp³-hybridized carbons (Fsp3) is 0. The fourth-order valence-corrected chi connectivity index (χ4v) is 2.20. The molecule has 9 heavy (non-hydrogen) atoms. The first-order valence-electron chi connectivity index (χ1n) is 2.67. The van der Waals surface area contributed by atoms with Crippen molar-refractivity contribution in [3.63, 3.8) is 0 Å². The van der Waals surface area contributed by atoms with Crippen LogP contribution in [0, 0.1) is 0 Å². The molecule has 0 unspecified atom stereocenters. The molecule has 0 amide bonds. The Morgan fingerprint density at radius 2 is 2.22 bits per heavy atom. The second-order valence-corrected chi connectivity index (χ2v) is 4.57. The Labute approximate surface area is 69.7 Å². The molecule has 1 nitrogen and oxygen atoms in total. The van der Waals surface area contributed by atoms with Gasteiger partial charge < -0.3 is 5.11 Å². The largest absolute Gasteiger partial charge is 0.508 e. The van der Waals surface area contributed by atoms with Crippen LogP contribution >= 0.6 is 12.9 Å². The van der Waals surface area contributed by atoms with Crippen molar-refractivity contribution in [2.75, 3.05) is 0 Å². The van der Waals surface area contributed by atoms with Gasteiger partial charge in [-0.1, -0.05) is 12.1 Å². The van der Waals surface area contributed by atoms with E-state index in [1.54, 1.807) is 12.1 Å². The van der Waals surface area contributed by atoms with Crippen molar-refractivity contribution in [3.8, 4) is 5.75 Å². The monoisotopic (exact) mass is 196 g/mol. The third-order valence-electron chi connectivity index (χ3n) is 1.06. The third-order valence-corrected chi connectivity index (χ3v) is 3.76. The molecule has 0 aliphatic rings. The van der Waals surface area contributed by atoms with Gasteiger partial charge in [0, 0.05) is 0 Å². The normalized spacial score (nSPS) is 8.56. The molecule has 0 saturated heterocycles. The van der Waals surface area contributed by atoms with E-state index in [1.807, 2.05) is 12.1 Å².